The Bertz CT molecular complexity index is 5200. The molecule has 0 unspecified atom stereocenters. The van der Waals surface area contributed by atoms with Crippen LogP contribution in [0.5, 0.6) is 5.75 Å². The van der Waals surface area contributed by atoms with Crippen LogP contribution in [-0.4, -0.2) is 293 Å². The van der Waals surface area contributed by atoms with E-state index in [1.807, 2.05) is 20.1 Å². The Hall–Kier alpha value is -13.7. The molecule has 2 aliphatic rings. The van der Waals surface area contributed by atoms with E-state index >= 15 is 9.59 Å². The first kappa shape index (κ1) is 102. The molecule has 1 aliphatic carbocycles. The average molecular weight is 1830 g/mol. The molecule has 3 heterocycles. The molecule has 0 spiro atoms. The highest BCUT2D eigenvalue weighted by molar-refractivity contribution is 7.98. The number of aromatic nitrogens is 3. The zero-order valence-corrected chi connectivity index (χ0v) is 73.3. The lowest BCUT2D eigenvalue weighted by Crippen LogP contribution is -2.60. The fourth-order valence-electron chi connectivity index (χ4n) is 13.9. The van der Waals surface area contributed by atoms with Crippen molar-refractivity contribution in [2.45, 2.75) is 141 Å². The van der Waals surface area contributed by atoms with Crippen LogP contribution in [0.4, 0.5) is 5.69 Å². The van der Waals surface area contributed by atoms with Crippen LogP contribution in [0.2, 0.25) is 0 Å². The third-order valence-corrected chi connectivity index (χ3v) is 21.1. The normalized spacial score (nSPS) is 13.2. The summed E-state index contributed by atoms with van der Waals surface area (Å²) < 4.78 is 5.98. The SMILES string of the molecule is CSCC[C@H](NC(=O)[C@H](CC(C)C)NC(=O)[C@H](Cc1c[nH]cn1)NC(=O)CNC(=O)[C@@H](NC(=O)[C@H](C)NC(=O)[C@H](Cc1c[nH]c2ccccc12)NC(=O)[C@H](CCC(N)=O)NC(=O)[C@H](CCCCNC(=O)CN(CCN(CCN(CC(=O)O)CC(=O)O)CC(=O)O)CC(=O)O)NC(=S)Nc1ccc(-c2c3ccc(=O)cc-3oc3cc(O)ccc23)c(C(=O)O)c1)C(C)C)C(N)=O. The molecule has 45 heteroatoms. The number of imidazole rings is 1. The second-order valence-corrected chi connectivity index (χ2v) is 32.7. The van der Waals surface area contributed by atoms with Gasteiger partial charge >= 0.3 is 29.8 Å². The quantitative estimate of drug-likeness (QED) is 0.0131. The summed E-state index contributed by atoms with van der Waals surface area (Å²) >= 11 is 7.22. The molecule has 0 bridgehead atoms. The number of anilines is 1. The number of rotatable bonds is 55. The summed E-state index contributed by atoms with van der Waals surface area (Å²) in [5, 5.41) is 89.2. The Kier molecular flexibility index (Phi) is 39.7. The van der Waals surface area contributed by atoms with Crippen LogP contribution in [0.1, 0.15) is 101 Å². The van der Waals surface area contributed by atoms with Crippen molar-refractivity contribution in [3.8, 4) is 28.2 Å². The third-order valence-electron chi connectivity index (χ3n) is 20.3. The minimum Gasteiger partial charge on any atom is -0.508 e. The van der Waals surface area contributed by atoms with Gasteiger partial charge in [0.05, 0.1) is 56.9 Å². The molecule has 0 radical (unpaired) electrons. The number of unbranched alkanes of at least 4 members (excludes halogenated alkanes) is 1. The van der Waals surface area contributed by atoms with Crippen molar-refractivity contribution >= 4 is 151 Å². The van der Waals surface area contributed by atoms with E-state index in [4.69, 9.17) is 28.1 Å². The van der Waals surface area contributed by atoms with E-state index in [1.54, 1.807) is 44.3 Å². The number of nitrogens with two attached hydrogens (primary N) is 2. The number of para-hydroxylation sites is 1. The van der Waals surface area contributed by atoms with Crippen LogP contribution in [0.3, 0.4) is 0 Å². The summed E-state index contributed by atoms with van der Waals surface area (Å²) in [6.07, 6.45) is 5.00. The van der Waals surface area contributed by atoms with Crippen molar-refractivity contribution in [1.82, 2.24) is 82.8 Å². The summed E-state index contributed by atoms with van der Waals surface area (Å²) in [6, 6.07) is 7.93. The lowest BCUT2D eigenvalue weighted by Gasteiger charge is -2.27. The number of H-pyrrole nitrogens is 2. The van der Waals surface area contributed by atoms with Crippen LogP contribution < -0.4 is 75.4 Å². The number of aromatic amines is 2. The smallest absolute Gasteiger partial charge is 0.336 e. The maximum atomic E-state index is 15.1. The first-order valence-electron chi connectivity index (χ1n) is 41.1. The van der Waals surface area contributed by atoms with Gasteiger partial charge in [-0.25, -0.2) is 9.78 Å². The van der Waals surface area contributed by atoms with Crippen molar-refractivity contribution in [2.24, 2.45) is 23.3 Å². The monoisotopic (exact) mass is 1830 g/mol. The van der Waals surface area contributed by atoms with Gasteiger partial charge in [-0.15, -0.1) is 0 Å². The largest absolute Gasteiger partial charge is 0.508 e. The maximum Gasteiger partial charge on any atom is 0.336 e. The number of aliphatic carboxylic acids is 4. The molecule has 8 atom stereocenters. The fraction of sp³-hybridized carbons (Fsp3) is 0.440. The number of hydrogen-bond acceptors (Lipinski definition) is 25. The number of fused-ring (bicyclic) bond motifs is 3. The first-order valence-corrected chi connectivity index (χ1v) is 42.9. The van der Waals surface area contributed by atoms with Gasteiger partial charge in [0.15, 0.2) is 10.5 Å². The molecule has 43 nitrogen and oxygen atoms in total. The summed E-state index contributed by atoms with van der Waals surface area (Å²) in [5.41, 5.74) is 12.9. The van der Waals surface area contributed by atoms with E-state index in [9.17, 15) is 103 Å². The number of benzene rings is 4. The molecule has 0 saturated heterocycles. The van der Waals surface area contributed by atoms with E-state index in [1.165, 1.54) is 95.6 Å². The van der Waals surface area contributed by atoms with Gasteiger partial charge in [-0.1, -0.05) is 52.0 Å². The number of carboxylic acid groups (broad SMARTS) is 5. The number of carboxylic acids is 5. The zero-order valence-electron chi connectivity index (χ0n) is 71.7. The van der Waals surface area contributed by atoms with Crippen molar-refractivity contribution in [1.29, 1.82) is 0 Å². The molecule has 5 aromatic rings. The zero-order chi connectivity index (χ0) is 94.9. The predicted molar refractivity (Wildman–Crippen MR) is 474 cm³/mol. The average Bonchev–Trinajstić information content (AvgIpc) is 1.33. The lowest BCUT2D eigenvalue weighted by atomic mass is 9.90. The van der Waals surface area contributed by atoms with Crippen molar-refractivity contribution in [2.75, 3.05) is 89.3 Å². The molecule has 3 aromatic carbocycles. The van der Waals surface area contributed by atoms with Gasteiger partial charge < -0.3 is 115 Å². The Morgan fingerprint density at radius 1 is 0.558 bits per heavy atom. The Morgan fingerprint density at radius 3 is 1.77 bits per heavy atom. The summed E-state index contributed by atoms with van der Waals surface area (Å²) in [6.45, 7) is 3.26. The second-order valence-electron chi connectivity index (χ2n) is 31.3. The number of carbonyl (C=O) groups excluding carboxylic acids is 11. The standard InChI is InChI=1S/C84H109N19O24S2/c1-44(2)29-61(80(122)95-58(75(86)117)22-28-129-6)97-81(123)63(32-49-36-87-43-91-49)94-67(107)37-90-82(124)74(45(3)4)100-76(118)46(5)92-79(121)62(30-47-35-89-57-12-8-7-11-52(47)57)98-78(120)60(20-21-66(85)106)96-77(119)59(13-9-10-23-88-68(108)38-102(40-70(111)112)26-24-101(39-69(109)110)25-27-103(41-71(113)114)42-72(115)116)99-84(128)93-48-14-17-53(56(31-48)83(125)126)73-54-18-15-50(104)33-64(54)127-65-34-51(105)16-19-55(65)73/h7-8,11-12,14-19,31,33-36,43-46,58-63,74,89,104H,9-10,13,20-30,32,37-42H2,1-6H3,(H2,85,106)(H2,86,117)(H,87,91)(H,88,108)(H,90,124)(H,92,121)(H,94,107)(H,95,122)(H,96,119)(H,97,123)(H,98,120)(H,100,118)(H,109,110)(H,111,112)(H,113,114)(H,115,116)(H,125,126)(H2,93,99,128)/t46-,58-,59-,60-,61-,62-,63-,74-/m0/s1. The van der Waals surface area contributed by atoms with Gasteiger partial charge in [0.25, 0.3) is 0 Å². The molecule has 129 heavy (non-hydrogen) atoms. The number of carbonyl (C=O) groups is 16. The number of primary amides is 2. The predicted octanol–water partition coefficient (Wildman–Crippen LogP) is -0.420. The van der Waals surface area contributed by atoms with Gasteiger partial charge in [0.1, 0.15) is 65.4 Å². The van der Waals surface area contributed by atoms with Crippen LogP contribution in [0.15, 0.2) is 107 Å². The van der Waals surface area contributed by atoms with Crippen molar-refractivity contribution in [3.05, 3.63) is 125 Å². The van der Waals surface area contributed by atoms with E-state index in [2.05, 4.69) is 73.4 Å². The first-order chi connectivity index (χ1) is 61.1. The van der Waals surface area contributed by atoms with Gasteiger partial charge in [0, 0.05) is 110 Å². The summed E-state index contributed by atoms with van der Waals surface area (Å²) in [5.74, 6) is -16.8. The van der Waals surface area contributed by atoms with Crippen LogP contribution in [0, 0.1) is 11.8 Å². The highest BCUT2D eigenvalue weighted by Gasteiger charge is 2.36. The van der Waals surface area contributed by atoms with Gasteiger partial charge in [-0.3, -0.25) is 91.4 Å². The van der Waals surface area contributed by atoms with Crippen molar-refractivity contribution in [3.63, 3.8) is 0 Å². The number of thioether (sulfide) groups is 1. The minimum absolute atomic E-state index is 0.0468. The third kappa shape index (κ3) is 33.2. The molecule has 1 aliphatic heterocycles. The van der Waals surface area contributed by atoms with E-state index in [-0.39, 0.29) is 123 Å². The lowest BCUT2D eigenvalue weighted by molar-refractivity contribution is -0.143. The topological polar surface area (TPSA) is 663 Å². The Morgan fingerprint density at radius 2 is 1.15 bits per heavy atom. The minimum atomic E-state index is -1.71. The molecule has 23 N–H and O–H groups in total. The van der Waals surface area contributed by atoms with Gasteiger partial charge in [-0.2, -0.15) is 11.8 Å². The number of phenols is 1. The summed E-state index contributed by atoms with van der Waals surface area (Å²) in [7, 11) is 0. The summed E-state index contributed by atoms with van der Waals surface area (Å²) in [4.78, 5) is 239. The van der Waals surface area contributed by atoms with Crippen LogP contribution in [0.25, 0.3) is 44.3 Å². The molecule has 696 valence electrons. The number of nitrogens with zero attached hydrogens (tertiary/aromatic N) is 4. The van der Waals surface area contributed by atoms with E-state index in [0.29, 0.717) is 44.4 Å². The fourth-order valence-corrected chi connectivity index (χ4v) is 14.6. The number of aromatic carboxylic acids is 1. The highest BCUT2D eigenvalue weighted by Crippen LogP contribution is 2.42. The molecule has 0 saturated carbocycles. The van der Waals surface area contributed by atoms with Crippen LogP contribution in [-0.2, 0) is 84.8 Å². The number of hydrogen-bond donors (Lipinski definition) is 21. The number of nitrogens with one attached hydrogen (secondary N) is 13. The van der Waals surface area contributed by atoms with Crippen molar-refractivity contribution < 1.29 is 112 Å². The van der Waals surface area contributed by atoms with Crippen LogP contribution >= 0.6 is 24.0 Å². The van der Waals surface area contributed by atoms with Gasteiger partial charge in [0.2, 0.25) is 65.0 Å². The maximum absolute atomic E-state index is 15.1. The number of amides is 11. The molecule has 11 amide bonds. The highest BCUT2D eigenvalue weighted by atomic mass is 32.2. The molecule has 7 rings (SSSR count). The van der Waals surface area contributed by atoms with E-state index < -0.39 is 207 Å². The second kappa shape index (κ2) is 50.0. The molecule has 2 aromatic heterocycles. The molecular weight excluding hydrogens is 1720 g/mol. The molecule has 0 fully saturated rings. The Balaban J connectivity index is 1.10. The molecular formula is C84H109N19O24S2. The number of aromatic hydroxyl groups is 1. The van der Waals surface area contributed by atoms with Gasteiger partial charge in [-0.05, 0) is 135 Å². The number of thiocarbonyl (C=S) groups is 1. The number of phenolic OH excluding ortho intramolecular Hbond substituents is 1. The van der Waals surface area contributed by atoms with E-state index in [0.717, 1.165) is 4.90 Å². The Labute approximate surface area is 748 Å².